The number of hydrogen-bond donors (Lipinski definition) is 0. The van der Waals surface area contributed by atoms with Crippen LogP contribution in [0.25, 0.3) is 0 Å². The molecule has 0 unspecified atom stereocenters. The van der Waals surface area contributed by atoms with Crippen molar-refractivity contribution < 1.29 is 9.53 Å². The van der Waals surface area contributed by atoms with Gasteiger partial charge in [0.25, 0.3) is 0 Å². The van der Waals surface area contributed by atoms with Gasteiger partial charge in [-0.25, -0.2) is 0 Å². The molecule has 2 aromatic carbocycles. The number of benzene rings is 2. The Morgan fingerprint density at radius 1 is 1.04 bits per heavy atom. The van der Waals surface area contributed by atoms with E-state index in [4.69, 9.17) is 4.74 Å². The summed E-state index contributed by atoms with van der Waals surface area (Å²) in [6.07, 6.45) is 1.50. The molecule has 138 valence electrons. The summed E-state index contributed by atoms with van der Waals surface area (Å²) in [6, 6.07) is 17.9. The average Bonchev–Trinajstić information content (AvgIpc) is 2.96. The highest BCUT2D eigenvalue weighted by Gasteiger charge is 2.30. The summed E-state index contributed by atoms with van der Waals surface area (Å²) in [5.74, 6) is 1.11. The summed E-state index contributed by atoms with van der Waals surface area (Å²) in [5.41, 5.74) is 2.77. The van der Waals surface area contributed by atoms with E-state index in [2.05, 4.69) is 17.0 Å². The second-order valence-corrected chi connectivity index (χ2v) is 7.09. The van der Waals surface area contributed by atoms with Gasteiger partial charge < -0.3 is 14.5 Å². The molecule has 2 aliphatic heterocycles. The average molecular weight is 361 g/mol. The van der Waals surface area contributed by atoms with Gasteiger partial charge in [0.15, 0.2) is 0 Å². The number of ether oxygens (including phenoxy) is 1. The lowest BCUT2D eigenvalue weighted by Crippen LogP contribution is -2.50. The van der Waals surface area contributed by atoms with E-state index in [1.165, 1.54) is 0 Å². The number of carbonyl (C=O) groups excluding carboxylic acids is 1. The van der Waals surface area contributed by atoms with Crippen LogP contribution in [0.5, 0.6) is 5.75 Å². The van der Waals surface area contributed by atoms with Crippen LogP contribution in [0.1, 0.15) is 17.5 Å². The second-order valence-electron chi connectivity index (χ2n) is 7.09. The van der Waals surface area contributed by atoms with Crippen LogP contribution < -0.4 is 9.64 Å². The maximum Gasteiger partial charge on any atom is 0.226 e. The standard InChI is InChI=1S/C22H23N3O2/c23-16-19-6-1-3-7-20(19)24-10-12-25(13-11-24)22(26)18-9-14-27-21-8-4-2-5-17(21)15-18/h1-8,18H,9-15H2/t18-/m0/s1. The molecule has 0 spiro atoms. The lowest BCUT2D eigenvalue weighted by molar-refractivity contribution is -0.136. The molecule has 1 saturated heterocycles. The van der Waals surface area contributed by atoms with Crippen molar-refractivity contribution in [2.75, 3.05) is 37.7 Å². The number of nitriles is 1. The topological polar surface area (TPSA) is 56.6 Å². The Morgan fingerprint density at radius 2 is 1.78 bits per heavy atom. The lowest BCUT2D eigenvalue weighted by Gasteiger charge is -2.37. The zero-order valence-corrected chi connectivity index (χ0v) is 15.3. The van der Waals surface area contributed by atoms with Crippen molar-refractivity contribution in [1.29, 1.82) is 5.26 Å². The van der Waals surface area contributed by atoms with E-state index in [9.17, 15) is 10.1 Å². The lowest BCUT2D eigenvalue weighted by atomic mass is 9.95. The van der Waals surface area contributed by atoms with Crippen molar-refractivity contribution in [1.82, 2.24) is 4.90 Å². The van der Waals surface area contributed by atoms with Gasteiger partial charge in [0.1, 0.15) is 11.8 Å². The Morgan fingerprint density at radius 3 is 2.59 bits per heavy atom. The first-order chi connectivity index (χ1) is 13.3. The molecular formula is C22H23N3O2. The van der Waals surface area contributed by atoms with E-state index in [0.717, 1.165) is 42.9 Å². The van der Waals surface area contributed by atoms with Gasteiger partial charge >= 0.3 is 0 Å². The first-order valence-corrected chi connectivity index (χ1v) is 9.50. The second kappa shape index (κ2) is 7.71. The van der Waals surface area contributed by atoms with E-state index in [0.29, 0.717) is 25.3 Å². The summed E-state index contributed by atoms with van der Waals surface area (Å²) in [7, 11) is 0. The number of carbonyl (C=O) groups is 1. The molecule has 0 saturated carbocycles. The Labute approximate surface area is 159 Å². The smallest absolute Gasteiger partial charge is 0.226 e. The maximum atomic E-state index is 13.1. The maximum absolute atomic E-state index is 13.1. The summed E-state index contributed by atoms with van der Waals surface area (Å²) in [5, 5.41) is 9.31. The minimum atomic E-state index is -0.0217. The van der Waals surface area contributed by atoms with E-state index < -0.39 is 0 Å². The first kappa shape index (κ1) is 17.4. The quantitative estimate of drug-likeness (QED) is 0.825. The van der Waals surface area contributed by atoms with Gasteiger partial charge in [-0.1, -0.05) is 30.3 Å². The van der Waals surface area contributed by atoms with E-state index in [1.807, 2.05) is 47.4 Å². The molecule has 0 N–H and O–H groups in total. The van der Waals surface area contributed by atoms with Crippen molar-refractivity contribution in [2.45, 2.75) is 12.8 Å². The number of fused-ring (bicyclic) bond motifs is 1. The minimum absolute atomic E-state index is 0.0217. The molecule has 2 aliphatic rings. The van der Waals surface area contributed by atoms with Gasteiger partial charge in [-0.05, 0) is 36.6 Å². The largest absolute Gasteiger partial charge is 0.493 e. The van der Waals surface area contributed by atoms with Crippen LogP contribution in [-0.4, -0.2) is 43.6 Å². The zero-order chi connectivity index (χ0) is 18.6. The highest BCUT2D eigenvalue weighted by molar-refractivity contribution is 5.80. The van der Waals surface area contributed by atoms with Crippen molar-refractivity contribution in [2.24, 2.45) is 5.92 Å². The molecule has 27 heavy (non-hydrogen) atoms. The molecule has 5 heteroatoms. The van der Waals surface area contributed by atoms with E-state index >= 15 is 0 Å². The molecule has 0 bridgehead atoms. The van der Waals surface area contributed by atoms with Gasteiger partial charge in [0.2, 0.25) is 5.91 Å². The molecule has 1 amide bonds. The van der Waals surface area contributed by atoms with Gasteiger partial charge in [-0.3, -0.25) is 4.79 Å². The molecule has 0 radical (unpaired) electrons. The fraction of sp³-hybridized carbons (Fsp3) is 0.364. The molecular weight excluding hydrogens is 338 g/mol. The number of nitrogens with zero attached hydrogens (tertiary/aromatic N) is 3. The molecule has 1 fully saturated rings. The van der Waals surface area contributed by atoms with E-state index in [-0.39, 0.29) is 11.8 Å². The summed E-state index contributed by atoms with van der Waals surface area (Å²) < 4.78 is 5.81. The highest BCUT2D eigenvalue weighted by Crippen LogP contribution is 2.28. The predicted molar refractivity (Wildman–Crippen MR) is 104 cm³/mol. The first-order valence-electron chi connectivity index (χ1n) is 9.50. The number of rotatable bonds is 2. The molecule has 2 aromatic rings. The molecule has 5 nitrogen and oxygen atoms in total. The van der Waals surface area contributed by atoms with Crippen LogP contribution in [0.3, 0.4) is 0 Å². The van der Waals surface area contributed by atoms with Gasteiger partial charge in [-0.2, -0.15) is 5.26 Å². The number of amides is 1. The van der Waals surface area contributed by atoms with Crippen LogP contribution in [0, 0.1) is 17.2 Å². The van der Waals surface area contributed by atoms with Crippen molar-refractivity contribution in [3.05, 3.63) is 59.7 Å². The van der Waals surface area contributed by atoms with Crippen LogP contribution in [0.15, 0.2) is 48.5 Å². The summed E-state index contributed by atoms with van der Waals surface area (Å²) in [6.45, 7) is 3.48. The highest BCUT2D eigenvalue weighted by atomic mass is 16.5. The third-order valence-corrected chi connectivity index (χ3v) is 5.47. The Bertz CT molecular complexity index is 866. The number of para-hydroxylation sites is 2. The predicted octanol–water partition coefficient (Wildman–Crippen LogP) is 2.85. The Balaban J connectivity index is 1.41. The van der Waals surface area contributed by atoms with Crippen LogP contribution >= 0.6 is 0 Å². The van der Waals surface area contributed by atoms with Crippen LogP contribution in [-0.2, 0) is 11.2 Å². The molecule has 0 aromatic heterocycles. The Kier molecular flexibility index (Phi) is 4.97. The van der Waals surface area contributed by atoms with Crippen molar-refractivity contribution in [3.63, 3.8) is 0 Å². The van der Waals surface area contributed by atoms with E-state index in [1.54, 1.807) is 0 Å². The summed E-state index contributed by atoms with van der Waals surface area (Å²) >= 11 is 0. The fourth-order valence-electron chi connectivity index (χ4n) is 3.97. The third-order valence-electron chi connectivity index (χ3n) is 5.47. The minimum Gasteiger partial charge on any atom is -0.493 e. The van der Waals surface area contributed by atoms with Crippen LogP contribution in [0.2, 0.25) is 0 Å². The van der Waals surface area contributed by atoms with Crippen LogP contribution in [0.4, 0.5) is 5.69 Å². The normalized spacial score (nSPS) is 19.4. The van der Waals surface area contributed by atoms with Gasteiger partial charge in [-0.15, -0.1) is 0 Å². The zero-order valence-electron chi connectivity index (χ0n) is 15.3. The fourth-order valence-corrected chi connectivity index (χ4v) is 3.97. The van der Waals surface area contributed by atoms with Gasteiger partial charge in [0, 0.05) is 32.1 Å². The SMILES string of the molecule is N#Cc1ccccc1N1CCN(C(=O)[C@H]2CCOc3ccccc3C2)CC1. The number of anilines is 1. The summed E-state index contributed by atoms with van der Waals surface area (Å²) in [4.78, 5) is 17.3. The molecule has 1 atom stereocenters. The number of hydrogen-bond acceptors (Lipinski definition) is 4. The molecule has 2 heterocycles. The van der Waals surface area contributed by atoms with Crippen molar-refractivity contribution in [3.8, 4) is 11.8 Å². The van der Waals surface area contributed by atoms with Crippen molar-refractivity contribution >= 4 is 11.6 Å². The molecule has 0 aliphatic carbocycles. The monoisotopic (exact) mass is 361 g/mol. The molecule has 4 rings (SSSR count). The van der Waals surface area contributed by atoms with Gasteiger partial charge in [0.05, 0.1) is 17.9 Å². The third kappa shape index (κ3) is 3.61. The number of piperazine rings is 1. The Hall–Kier alpha value is -3.00.